The molecule has 0 fully saturated rings. The Morgan fingerprint density at radius 2 is 1.27 bits per heavy atom. The third-order valence-electron chi connectivity index (χ3n) is 7.69. The van der Waals surface area contributed by atoms with Crippen LogP contribution in [0.25, 0.3) is 0 Å². The number of nitrogens with zero attached hydrogens (tertiary/aromatic N) is 1. The molecule has 2 aromatic carbocycles. The van der Waals surface area contributed by atoms with Crippen LogP contribution in [-0.4, -0.2) is 90.6 Å². The van der Waals surface area contributed by atoms with Crippen LogP contribution in [0.15, 0.2) is 18.2 Å². The van der Waals surface area contributed by atoms with E-state index in [0.717, 1.165) is 43.2 Å². The fourth-order valence-electron chi connectivity index (χ4n) is 4.96. The van der Waals surface area contributed by atoms with Crippen molar-refractivity contribution in [3.05, 3.63) is 40.5 Å². The van der Waals surface area contributed by atoms with Crippen molar-refractivity contribution in [2.45, 2.75) is 50.5 Å². The highest BCUT2D eigenvalue weighted by atomic mass is 16.5. The number of carboxylic acid groups (broad SMARTS) is 2. The molecular weight excluding hydrogens is 526 g/mol. The summed E-state index contributed by atoms with van der Waals surface area (Å²) in [7, 11) is 8.36. The second kappa shape index (κ2) is 11.8. The summed E-state index contributed by atoms with van der Waals surface area (Å²) in [5, 5.41) is 34.8. The van der Waals surface area contributed by atoms with Gasteiger partial charge in [0, 0.05) is 24.7 Å². The molecule has 2 heterocycles. The van der Waals surface area contributed by atoms with Crippen molar-refractivity contribution in [1.29, 1.82) is 0 Å². The number of aliphatic carboxylic acids is 2. The molecule has 3 atom stereocenters. The minimum Gasteiger partial charge on any atom is -0.493 e. The average molecular weight is 564 g/mol. The van der Waals surface area contributed by atoms with Gasteiger partial charge in [-0.05, 0) is 61.6 Å². The molecule has 0 saturated heterocycles. The number of hydrogen-bond donors (Lipinski definition) is 4. The first kappa shape index (κ1) is 30.8. The van der Waals surface area contributed by atoms with Crippen molar-refractivity contribution in [1.82, 2.24) is 4.90 Å². The smallest absolute Gasteiger partial charge is 0.339 e. The van der Waals surface area contributed by atoms with Crippen LogP contribution in [0, 0.1) is 0 Å². The Labute approximate surface area is 232 Å². The van der Waals surface area contributed by atoms with E-state index in [9.17, 15) is 9.59 Å². The summed E-state index contributed by atoms with van der Waals surface area (Å²) in [6, 6.07) is 6.63. The fourth-order valence-corrected chi connectivity index (χ4v) is 4.96. The Balaban J connectivity index is 0.000000312. The molecule has 0 aromatic heterocycles. The summed E-state index contributed by atoms with van der Waals surface area (Å²) in [5.74, 6) is 0.108. The van der Waals surface area contributed by atoms with Crippen LogP contribution < -0.4 is 23.7 Å². The lowest BCUT2D eigenvalue weighted by Crippen LogP contribution is -2.60. The molecule has 2 aliphatic heterocycles. The van der Waals surface area contributed by atoms with E-state index in [1.165, 1.54) is 22.3 Å². The number of carboxylic acids is 2. The summed E-state index contributed by atoms with van der Waals surface area (Å²) >= 11 is 0. The van der Waals surface area contributed by atoms with E-state index >= 15 is 0 Å². The zero-order valence-corrected chi connectivity index (χ0v) is 23.7. The lowest BCUT2D eigenvalue weighted by Gasteiger charge is -2.42. The minimum atomic E-state index is -2.71. The number of fused-ring (bicyclic) bond motifs is 4. The van der Waals surface area contributed by atoms with Crippen LogP contribution >= 0.6 is 0 Å². The number of methoxy groups -OCH3 is 5. The molecule has 0 amide bonds. The van der Waals surface area contributed by atoms with Gasteiger partial charge in [0.05, 0.1) is 35.5 Å². The molecule has 0 saturated carbocycles. The molecule has 4 rings (SSSR count). The Hall–Kier alpha value is -3.74. The maximum atomic E-state index is 10.3. The Morgan fingerprint density at radius 3 is 1.75 bits per heavy atom. The van der Waals surface area contributed by atoms with Gasteiger partial charge in [-0.1, -0.05) is 0 Å². The van der Waals surface area contributed by atoms with Gasteiger partial charge in [0.2, 0.25) is 5.75 Å². The van der Waals surface area contributed by atoms with Crippen molar-refractivity contribution < 1.29 is 53.7 Å². The van der Waals surface area contributed by atoms with Crippen molar-refractivity contribution in [3.8, 4) is 28.7 Å². The summed E-state index contributed by atoms with van der Waals surface area (Å²) in [4.78, 5) is 23.1. The van der Waals surface area contributed by atoms with Crippen LogP contribution in [0.2, 0.25) is 0 Å². The minimum absolute atomic E-state index is 0.291. The van der Waals surface area contributed by atoms with Gasteiger partial charge in [-0.25, -0.2) is 9.59 Å². The molecule has 12 heteroatoms. The lowest BCUT2D eigenvalue weighted by molar-refractivity contribution is -0.199. The zero-order valence-electron chi connectivity index (χ0n) is 23.7. The molecule has 0 radical (unpaired) electrons. The van der Waals surface area contributed by atoms with Gasteiger partial charge in [-0.2, -0.15) is 0 Å². The van der Waals surface area contributed by atoms with Crippen molar-refractivity contribution in [2.24, 2.45) is 0 Å². The predicted octanol–water partition coefficient (Wildman–Crippen LogP) is 2.04. The molecule has 0 bridgehead atoms. The van der Waals surface area contributed by atoms with Gasteiger partial charge < -0.3 is 44.1 Å². The molecule has 2 aromatic rings. The monoisotopic (exact) mass is 563 g/mol. The highest BCUT2D eigenvalue weighted by Crippen LogP contribution is 2.49. The summed E-state index contributed by atoms with van der Waals surface area (Å²) in [5.41, 5.74) is -0.366. The molecule has 220 valence electrons. The molecule has 2 aliphatic rings. The van der Waals surface area contributed by atoms with E-state index < -0.39 is 23.1 Å². The van der Waals surface area contributed by atoms with Gasteiger partial charge in [-0.15, -0.1) is 0 Å². The van der Waals surface area contributed by atoms with Crippen LogP contribution in [0.5, 0.6) is 28.7 Å². The Morgan fingerprint density at radius 1 is 0.775 bits per heavy atom. The van der Waals surface area contributed by atoms with Gasteiger partial charge >= 0.3 is 11.9 Å². The summed E-state index contributed by atoms with van der Waals surface area (Å²) in [6.45, 7) is 3.23. The third-order valence-corrected chi connectivity index (χ3v) is 7.69. The van der Waals surface area contributed by atoms with E-state index in [1.54, 1.807) is 35.5 Å². The van der Waals surface area contributed by atoms with Crippen LogP contribution in [0.1, 0.15) is 42.1 Å². The first-order valence-corrected chi connectivity index (χ1v) is 12.5. The quantitative estimate of drug-likeness (QED) is 0.370. The molecule has 0 aliphatic carbocycles. The third kappa shape index (κ3) is 5.34. The molecule has 12 nitrogen and oxygen atoms in total. The van der Waals surface area contributed by atoms with Crippen LogP contribution in [-0.2, 0) is 29.0 Å². The predicted molar refractivity (Wildman–Crippen MR) is 143 cm³/mol. The second-order valence-corrected chi connectivity index (χ2v) is 9.88. The molecule has 4 N–H and O–H groups in total. The molecule has 40 heavy (non-hydrogen) atoms. The largest absolute Gasteiger partial charge is 0.493 e. The summed E-state index contributed by atoms with van der Waals surface area (Å²) < 4.78 is 27.9. The van der Waals surface area contributed by atoms with Crippen molar-refractivity contribution in [3.63, 3.8) is 0 Å². The number of aliphatic hydroxyl groups is 2. The number of carbonyl (C=O) groups is 2. The van der Waals surface area contributed by atoms with Gasteiger partial charge in [-0.3, -0.25) is 4.90 Å². The summed E-state index contributed by atoms with van der Waals surface area (Å²) in [6.07, 6.45) is 1.87. The maximum absolute atomic E-state index is 10.3. The number of ether oxygens (including phenoxy) is 5. The van der Waals surface area contributed by atoms with Gasteiger partial charge in [0.25, 0.3) is 0 Å². The SMILES string of the molecule is COc1cc2c(cc1OC)C1Cc3cc(OC)c(OC)c(OC)c3CN1CC2.C[C@](O)(C(=O)O)[C@@](C)(O)C(=O)O. The fraction of sp³-hybridized carbons (Fsp3) is 0.500. The van der Waals surface area contributed by atoms with Gasteiger partial charge in [0.1, 0.15) is 0 Å². The van der Waals surface area contributed by atoms with Crippen molar-refractivity contribution >= 4 is 11.9 Å². The highest BCUT2D eigenvalue weighted by Gasteiger charge is 2.54. The molecular formula is C28H37NO11. The maximum Gasteiger partial charge on any atom is 0.339 e. The van der Waals surface area contributed by atoms with E-state index in [0.29, 0.717) is 31.4 Å². The molecule has 1 unspecified atom stereocenters. The number of hydrogen-bond acceptors (Lipinski definition) is 10. The Bertz CT molecular complexity index is 1250. The van der Waals surface area contributed by atoms with Crippen LogP contribution in [0.3, 0.4) is 0 Å². The highest BCUT2D eigenvalue weighted by molar-refractivity contribution is 5.89. The average Bonchev–Trinajstić information content (AvgIpc) is 2.94. The number of rotatable bonds is 8. The zero-order chi connectivity index (χ0) is 30.0. The second-order valence-electron chi connectivity index (χ2n) is 9.88. The standard InChI is InChI=1S/C22H27NO5.C6H10O6/c1-24-18-9-13-6-7-23-12-16-14(8-17(23)15(13)11-19(18)25-2)10-20(26-3)22(28-5)21(16)27-4;1-5(11,3(7)8)6(2,12)4(9)10/h9-11,17H,6-8,12H2,1-5H3;11-12H,1-2H3,(H,7,8)(H,9,10)/t;5-,6-/m.0/s1. The van der Waals surface area contributed by atoms with Crippen LogP contribution in [0.4, 0.5) is 0 Å². The topological polar surface area (TPSA) is 164 Å². The van der Waals surface area contributed by atoms with Gasteiger partial charge in [0.15, 0.2) is 34.2 Å². The Kier molecular flexibility index (Phi) is 9.07. The van der Waals surface area contributed by atoms with E-state index in [-0.39, 0.29) is 0 Å². The normalized spacial score (nSPS) is 18.7. The first-order chi connectivity index (χ1) is 18.8. The van der Waals surface area contributed by atoms with E-state index in [4.69, 9.17) is 44.1 Å². The first-order valence-electron chi connectivity index (χ1n) is 12.5. The van der Waals surface area contributed by atoms with E-state index in [1.807, 2.05) is 0 Å². The lowest BCUT2D eigenvalue weighted by atomic mass is 9.83. The number of benzene rings is 2. The van der Waals surface area contributed by atoms with E-state index in [2.05, 4.69) is 23.1 Å². The van der Waals surface area contributed by atoms with Crippen molar-refractivity contribution in [2.75, 3.05) is 42.1 Å². The molecule has 0 spiro atoms.